The first-order valence-electron chi connectivity index (χ1n) is 6.44. The minimum absolute atomic E-state index is 0.360. The summed E-state index contributed by atoms with van der Waals surface area (Å²) in [5.74, 6) is -2.26. The summed E-state index contributed by atoms with van der Waals surface area (Å²) in [5, 5.41) is 19.7. The number of carbonyl (C=O) groups is 3. The molecule has 1 aliphatic rings. The molecule has 2 amide bonds. The second kappa shape index (κ2) is 7.09. The Morgan fingerprint density at radius 1 is 1.40 bits per heavy atom. The molecule has 1 aliphatic heterocycles. The second-order valence-electron chi connectivity index (χ2n) is 5.24. The van der Waals surface area contributed by atoms with Crippen molar-refractivity contribution in [2.24, 2.45) is 5.92 Å². The summed E-state index contributed by atoms with van der Waals surface area (Å²) in [4.78, 5) is 36.8. The number of aliphatic carboxylic acids is 2. The van der Waals surface area contributed by atoms with Crippen LogP contribution in [0.2, 0.25) is 0 Å². The van der Waals surface area contributed by atoms with Gasteiger partial charge in [-0.05, 0) is 25.9 Å². The molecule has 0 spiro atoms. The van der Waals surface area contributed by atoms with Crippen LogP contribution in [0.1, 0.15) is 12.8 Å². The third kappa shape index (κ3) is 5.04. The Kier molecular flexibility index (Phi) is 5.75. The van der Waals surface area contributed by atoms with Gasteiger partial charge in [-0.3, -0.25) is 4.79 Å². The van der Waals surface area contributed by atoms with Crippen LogP contribution in [0.3, 0.4) is 0 Å². The van der Waals surface area contributed by atoms with Crippen molar-refractivity contribution in [3.05, 3.63) is 0 Å². The van der Waals surface area contributed by atoms with Gasteiger partial charge in [0.1, 0.15) is 6.04 Å². The number of amides is 2. The van der Waals surface area contributed by atoms with E-state index in [1.54, 1.807) is 7.05 Å². The largest absolute Gasteiger partial charge is 0.481 e. The zero-order valence-corrected chi connectivity index (χ0v) is 11.7. The molecule has 3 N–H and O–H groups in total. The Morgan fingerprint density at radius 3 is 2.50 bits per heavy atom. The summed E-state index contributed by atoms with van der Waals surface area (Å²) in [7, 11) is 3.58. The Bertz CT molecular complexity index is 387. The van der Waals surface area contributed by atoms with Crippen LogP contribution in [0, 0.1) is 5.92 Å². The number of nitrogens with zero attached hydrogens (tertiary/aromatic N) is 2. The highest BCUT2D eigenvalue weighted by molar-refractivity contribution is 5.86. The predicted octanol–water partition coefficient (Wildman–Crippen LogP) is -0.493. The van der Waals surface area contributed by atoms with Gasteiger partial charge < -0.3 is 25.3 Å². The van der Waals surface area contributed by atoms with Crippen LogP contribution in [0.5, 0.6) is 0 Å². The molecule has 2 unspecified atom stereocenters. The molecule has 114 valence electrons. The van der Waals surface area contributed by atoms with Crippen molar-refractivity contribution >= 4 is 18.0 Å². The van der Waals surface area contributed by atoms with Gasteiger partial charge in [-0.2, -0.15) is 0 Å². The van der Waals surface area contributed by atoms with Crippen LogP contribution in [0.25, 0.3) is 0 Å². The molecule has 0 radical (unpaired) electrons. The van der Waals surface area contributed by atoms with E-state index in [0.29, 0.717) is 12.5 Å². The zero-order chi connectivity index (χ0) is 15.3. The molecule has 1 fully saturated rings. The smallest absolute Gasteiger partial charge is 0.326 e. The fourth-order valence-corrected chi connectivity index (χ4v) is 2.28. The van der Waals surface area contributed by atoms with E-state index in [1.807, 2.05) is 7.05 Å². The molecule has 8 heteroatoms. The van der Waals surface area contributed by atoms with Gasteiger partial charge in [0, 0.05) is 20.1 Å². The Hall–Kier alpha value is -1.83. The van der Waals surface area contributed by atoms with Gasteiger partial charge >= 0.3 is 18.0 Å². The molecule has 8 nitrogen and oxygen atoms in total. The number of hydrogen-bond donors (Lipinski definition) is 3. The van der Waals surface area contributed by atoms with Gasteiger partial charge in [0.2, 0.25) is 0 Å². The highest BCUT2D eigenvalue weighted by Crippen LogP contribution is 2.15. The number of likely N-dealkylation sites (tertiary alicyclic amines) is 1. The number of hydrogen-bond acceptors (Lipinski definition) is 4. The average Bonchev–Trinajstić information content (AvgIpc) is 2.72. The highest BCUT2D eigenvalue weighted by atomic mass is 16.4. The van der Waals surface area contributed by atoms with E-state index >= 15 is 0 Å². The number of carboxylic acid groups (broad SMARTS) is 2. The SMILES string of the molecule is CN1CCC(CN(C)C(=O)NC(CC(=O)O)C(=O)O)C1. The van der Waals surface area contributed by atoms with E-state index in [0.717, 1.165) is 19.5 Å². The van der Waals surface area contributed by atoms with Crippen molar-refractivity contribution in [2.45, 2.75) is 18.9 Å². The lowest BCUT2D eigenvalue weighted by molar-refractivity contribution is -0.145. The first kappa shape index (κ1) is 16.2. The lowest BCUT2D eigenvalue weighted by atomic mass is 10.1. The van der Waals surface area contributed by atoms with Crippen LogP contribution < -0.4 is 5.32 Å². The summed E-state index contributed by atoms with van der Waals surface area (Å²) in [6.45, 7) is 2.40. The van der Waals surface area contributed by atoms with Gasteiger partial charge in [0.25, 0.3) is 0 Å². The van der Waals surface area contributed by atoms with Gasteiger partial charge in [0.05, 0.1) is 6.42 Å². The zero-order valence-electron chi connectivity index (χ0n) is 11.7. The normalized spacial score (nSPS) is 20.4. The lowest BCUT2D eigenvalue weighted by Gasteiger charge is -2.23. The van der Waals surface area contributed by atoms with Gasteiger partial charge in [-0.25, -0.2) is 9.59 Å². The molecule has 0 aromatic heterocycles. The van der Waals surface area contributed by atoms with Crippen molar-refractivity contribution in [1.82, 2.24) is 15.1 Å². The van der Waals surface area contributed by atoms with Crippen molar-refractivity contribution in [3.63, 3.8) is 0 Å². The van der Waals surface area contributed by atoms with Crippen LogP contribution in [-0.4, -0.2) is 77.8 Å². The van der Waals surface area contributed by atoms with Crippen molar-refractivity contribution in [1.29, 1.82) is 0 Å². The first-order valence-corrected chi connectivity index (χ1v) is 6.44. The van der Waals surface area contributed by atoms with Gasteiger partial charge in [0.15, 0.2) is 0 Å². The van der Waals surface area contributed by atoms with Gasteiger partial charge in [-0.1, -0.05) is 0 Å². The Labute approximate surface area is 117 Å². The molecule has 0 aromatic rings. The summed E-state index contributed by atoms with van der Waals surface area (Å²) in [5.41, 5.74) is 0. The van der Waals surface area contributed by atoms with Crippen LogP contribution in [0.15, 0.2) is 0 Å². The number of urea groups is 1. The second-order valence-corrected chi connectivity index (χ2v) is 5.24. The van der Waals surface area contributed by atoms with E-state index in [1.165, 1.54) is 4.90 Å². The van der Waals surface area contributed by atoms with E-state index in [2.05, 4.69) is 10.2 Å². The molecule has 1 saturated heterocycles. The molecule has 2 atom stereocenters. The maximum absolute atomic E-state index is 11.9. The fraction of sp³-hybridized carbons (Fsp3) is 0.750. The minimum Gasteiger partial charge on any atom is -0.481 e. The summed E-state index contributed by atoms with van der Waals surface area (Å²) in [6, 6.07) is -1.97. The third-order valence-electron chi connectivity index (χ3n) is 3.34. The molecule has 0 aliphatic carbocycles. The summed E-state index contributed by atoms with van der Waals surface area (Å²) < 4.78 is 0. The quantitative estimate of drug-likeness (QED) is 0.608. The lowest BCUT2D eigenvalue weighted by Crippen LogP contribution is -2.48. The molecular formula is C12H21N3O5. The Morgan fingerprint density at radius 2 is 2.05 bits per heavy atom. The van der Waals surface area contributed by atoms with Crippen molar-refractivity contribution in [3.8, 4) is 0 Å². The van der Waals surface area contributed by atoms with Crippen LogP contribution in [0.4, 0.5) is 4.79 Å². The predicted molar refractivity (Wildman–Crippen MR) is 70.4 cm³/mol. The molecular weight excluding hydrogens is 266 g/mol. The molecule has 1 rings (SSSR count). The molecule has 0 saturated carbocycles. The number of carboxylic acids is 2. The standard InChI is InChI=1S/C12H21N3O5/c1-14-4-3-8(6-14)7-15(2)12(20)13-9(11(18)19)5-10(16)17/h8-9H,3-7H2,1-2H3,(H,13,20)(H,16,17)(H,18,19). The van der Waals surface area contributed by atoms with Crippen molar-refractivity contribution in [2.75, 3.05) is 33.7 Å². The van der Waals surface area contributed by atoms with E-state index in [9.17, 15) is 14.4 Å². The Balaban J connectivity index is 2.46. The summed E-state index contributed by atoms with van der Waals surface area (Å²) in [6.07, 6.45) is 0.354. The molecule has 20 heavy (non-hydrogen) atoms. The number of rotatable bonds is 6. The average molecular weight is 287 g/mol. The maximum Gasteiger partial charge on any atom is 0.326 e. The van der Waals surface area contributed by atoms with Crippen molar-refractivity contribution < 1.29 is 24.6 Å². The number of nitrogens with one attached hydrogen (secondary N) is 1. The monoisotopic (exact) mass is 287 g/mol. The summed E-state index contributed by atoms with van der Waals surface area (Å²) >= 11 is 0. The maximum atomic E-state index is 11.9. The van der Waals surface area contributed by atoms with E-state index in [-0.39, 0.29) is 0 Å². The van der Waals surface area contributed by atoms with Gasteiger partial charge in [-0.15, -0.1) is 0 Å². The van der Waals surface area contributed by atoms with E-state index < -0.39 is 30.4 Å². The minimum atomic E-state index is -1.41. The van der Waals surface area contributed by atoms with Crippen LogP contribution in [-0.2, 0) is 9.59 Å². The molecule has 0 bridgehead atoms. The molecule has 0 aromatic carbocycles. The fourth-order valence-electron chi connectivity index (χ4n) is 2.28. The highest BCUT2D eigenvalue weighted by Gasteiger charge is 2.26. The molecule has 1 heterocycles. The number of carbonyl (C=O) groups excluding carboxylic acids is 1. The topological polar surface area (TPSA) is 110 Å². The first-order chi connectivity index (χ1) is 9.29. The van der Waals surface area contributed by atoms with E-state index in [4.69, 9.17) is 10.2 Å². The third-order valence-corrected chi connectivity index (χ3v) is 3.34. The van der Waals surface area contributed by atoms with Crippen LogP contribution >= 0.6 is 0 Å².